The molecule has 0 amide bonds. The van der Waals surface area contributed by atoms with Crippen LogP contribution in [-0.4, -0.2) is 22.7 Å². The molecule has 2 nitrogen and oxygen atoms in total. The number of aliphatic hydroxyl groups is 1. The first-order valence-corrected chi connectivity index (χ1v) is 9.66. The Kier molecular flexibility index (Phi) is 3.54. The molecule has 0 aromatic carbocycles. The van der Waals surface area contributed by atoms with Gasteiger partial charge in [-0.25, -0.2) is 0 Å². The van der Waals surface area contributed by atoms with Crippen molar-refractivity contribution in [1.29, 1.82) is 0 Å². The quantitative estimate of drug-likeness (QED) is 0.570. The lowest BCUT2D eigenvalue weighted by Crippen LogP contribution is -2.52. The number of fused-ring (bicyclic) bond motifs is 5. The van der Waals surface area contributed by atoms with E-state index >= 15 is 0 Å². The Labute approximate surface area is 139 Å². The maximum Gasteiger partial charge on any atom is 0.139 e. The van der Waals surface area contributed by atoms with Gasteiger partial charge < -0.3 is 5.11 Å². The molecule has 0 saturated heterocycles. The molecule has 122 valence electrons. The van der Waals surface area contributed by atoms with E-state index in [-0.39, 0.29) is 16.9 Å². The standard InChI is InChI=1S/C19H28O2S/c1-18-8-7-16-14(15(18)4-5-17(18)21)3-2-12-10-13(20)6-9-19(12,16)11-22/h2,13-16,20,22H,3-11H2,1H3/t13-,14-,15-,16-,18-,19+/m0/s1. The topological polar surface area (TPSA) is 37.3 Å². The third kappa shape index (κ3) is 1.87. The van der Waals surface area contributed by atoms with Gasteiger partial charge in [-0.15, -0.1) is 0 Å². The van der Waals surface area contributed by atoms with Crippen molar-refractivity contribution in [2.75, 3.05) is 5.75 Å². The van der Waals surface area contributed by atoms with Crippen LogP contribution in [0.4, 0.5) is 0 Å². The van der Waals surface area contributed by atoms with Crippen LogP contribution in [0, 0.1) is 28.6 Å². The highest BCUT2D eigenvalue weighted by molar-refractivity contribution is 7.80. The second-order valence-corrected chi connectivity index (χ2v) is 8.79. The minimum Gasteiger partial charge on any atom is -0.393 e. The Morgan fingerprint density at radius 3 is 2.86 bits per heavy atom. The van der Waals surface area contributed by atoms with E-state index in [1.54, 1.807) is 0 Å². The van der Waals surface area contributed by atoms with E-state index in [4.69, 9.17) is 12.6 Å². The highest BCUT2D eigenvalue weighted by atomic mass is 32.1. The van der Waals surface area contributed by atoms with Crippen molar-refractivity contribution in [2.45, 2.75) is 64.4 Å². The van der Waals surface area contributed by atoms with Gasteiger partial charge in [0.1, 0.15) is 5.78 Å². The normalized spacial score (nSPS) is 50.9. The molecule has 0 heterocycles. The SMILES string of the molecule is C[C@]12CC[C@H]3[C@@H](CC=C4C[C@@H](O)CC[C@@]43CS)[C@@H]1CCC2=O. The van der Waals surface area contributed by atoms with Crippen LogP contribution in [0.15, 0.2) is 11.6 Å². The molecule has 4 rings (SSSR count). The fourth-order valence-corrected chi connectivity index (χ4v) is 7.10. The summed E-state index contributed by atoms with van der Waals surface area (Å²) < 4.78 is 0. The smallest absolute Gasteiger partial charge is 0.139 e. The van der Waals surface area contributed by atoms with Crippen molar-refractivity contribution in [2.24, 2.45) is 28.6 Å². The van der Waals surface area contributed by atoms with Crippen LogP contribution in [0.3, 0.4) is 0 Å². The minimum absolute atomic E-state index is 0.0432. The molecule has 0 aromatic heterocycles. The largest absolute Gasteiger partial charge is 0.393 e. The van der Waals surface area contributed by atoms with E-state index in [9.17, 15) is 9.90 Å². The average molecular weight is 320 g/mol. The number of carbonyl (C=O) groups excluding carboxylic acids is 1. The van der Waals surface area contributed by atoms with Gasteiger partial charge in [0, 0.05) is 17.3 Å². The van der Waals surface area contributed by atoms with Crippen molar-refractivity contribution in [3.8, 4) is 0 Å². The van der Waals surface area contributed by atoms with Crippen molar-refractivity contribution >= 4 is 18.4 Å². The summed E-state index contributed by atoms with van der Waals surface area (Å²) in [6.07, 6.45) is 10.4. The number of thiol groups is 1. The maximum absolute atomic E-state index is 12.4. The Hall–Kier alpha value is -0.280. The van der Waals surface area contributed by atoms with Gasteiger partial charge in [-0.05, 0) is 68.5 Å². The van der Waals surface area contributed by atoms with Crippen molar-refractivity contribution in [3.63, 3.8) is 0 Å². The molecule has 0 aliphatic heterocycles. The molecule has 6 atom stereocenters. The molecule has 3 saturated carbocycles. The van der Waals surface area contributed by atoms with Gasteiger partial charge in [-0.1, -0.05) is 18.6 Å². The number of allylic oxidation sites excluding steroid dienone is 1. The molecular weight excluding hydrogens is 292 g/mol. The third-order valence-electron chi connectivity index (χ3n) is 7.79. The van der Waals surface area contributed by atoms with Gasteiger partial charge in [0.15, 0.2) is 0 Å². The van der Waals surface area contributed by atoms with Gasteiger partial charge in [0.25, 0.3) is 0 Å². The third-order valence-corrected chi connectivity index (χ3v) is 8.36. The molecule has 0 unspecified atom stereocenters. The fourth-order valence-electron chi connectivity index (χ4n) is 6.50. The zero-order chi connectivity index (χ0) is 15.5. The molecule has 4 aliphatic rings. The highest BCUT2D eigenvalue weighted by Gasteiger charge is 2.59. The van der Waals surface area contributed by atoms with Crippen LogP contribution < -0.4 is 0 Å². The van der Waals surface area contributed by atoms with Gasteiger partial charge in [0.2, 0.25) is 0 Å². The number of ketones is 1. The van der Waals surface area contributed by atoms with Gasteiger partial charge in [0.05, 0.1) is 6.10 Å². The summed E-state index contributed by atoms with van der Waals surface area (Å²) in [5, 5.41) is 10.1. The molecule has 0 radical (unpaired) electrons. The Bertz CT molecular complexity index is 528. The van der Waals surface area contributed by atoms with Crippen LogP contribution in [0.1, 0.15) is 58.3 Å². The minimum atomic E-state index is -0.155. The lowest BCUT2D eigenvalue weighted by atomic mass is 9.48. The van der Waals surface area contributed by atoms with Gasteiger partial charge in [-0.2, -0.15) is 12.6 Å². The number of rotatable bonds is 1. The first-order chi connectivity index (χ1) is 10.5. The van der Waals surface area contributed by atoms with Crippen LogP contribution in [0.25, 0.3) is 0 Å². The van der Waals surface area contributed by atoms with Gasteiger partial charge >= 0.3 is 0 Å². The predicted octanol–water partition coefficient (Wildman–Crippen LogP) is 3.79. The first kappa shape index (κ1) is 15.3. The number of hydrogen-bond acceptors (Lipinski definition) is 3. The summed E-state index contributed by atoms with van der Waals surface area (Å²) in [5.41, 5.74) is 1.65. The summed E-state index contributed by atoms with van der Waals surface area (Å²) in [6, 6.07) is 0. The molecule has 3 fully saturated rings. The molecule has 22 heavy (non-hydrogen) atoms. The molecular formula is C19H28O2S. The number of aliphatic hydroxyl groups excluding tert-OH is 1. The van der Waals surface area contributed by atoms with Crippen LogP contribution >= 0.6 is 12.6 Å². The lowest BCUT2D eigenvalue weighted by molar-refractivity contribution is -0.131. The number of hydrogen-bond donors (Lipinski definition) is 2. The predicted molar refractivity (Wildman–Crippen MR) is 90.9 cm³/mol. The van der Waals surface area contributed by atoms with E-state index in [0.29, 0.717) is 23.5 Å². The van der Waals surface area contributed by atoms with E-state index in [1.807, 2.05) is 0 Å². The van der Waals surface area contributed by atoms with Crippen molar-refractivity contribution in [3.05, 3.63) is 11.6 Å². The Morgan fingerprint density at radius 1 is 1.27 bits per heavy atom. The van der Waals surface area contributed by atoms with E-state index in [0.717, 1.165) is 50.7 Å². The van der Waals surface area contributed by atoms with E-state index in [2.05, 4.69) is 13.0 Å². The summed E-state index contributed by atoms with van der Waals surface area (Å²) >= 11 is 4.77. The summed E-state index contributed by atoms with van der Waals surface area (Å²) in [6.45, 7) is 2.24. The Morgan fingerprint density at radius 2 is 2.09 bits per heavy atom. The van der Waals surface area contributed by atoms with Crippen LogP contribution in [0.2, 0.25) is 0 Å². The Balaban J connectivity index is 1.72. The van der Waals surface area contributed by atoms with Crippen molar-refractivity contribution in [1.82, 2.24) is 0 Å². The molecule has 1 N–H and O–H groups in total. The van der Waals surface area contributed by atoms with Crippen molar-refractivity contribution < 1.29 is 9.90 Å². The van der Waals surface area contributed by atoms with Gasteiger partial charge in [-0.3, -0.25) is 4.79 Å². The number of Topliss-reactive ketones (excluding diaryl/α,β-unsaturated/α-hetero) is 1. The van der Waals surface area contributed by atoms with Crippen LogP contribution in [0.5, 0.6) is 0 Å². The summed E-state index contributed by atoms with van der Waals surface area (Å²) in [4.78, 5) is 12.4. The second kappa shape index (κ2) is 5.11. The van der Waals surface area contributed by atoms with Crippen LogP contribution in [-0.2, 0) is 4.79 Å². The summed E-state index contributed by atoms with van der Waals surface area (Å²) in [7, 11) is 0. The molecule has 4 aliphatic carbocycles. The zero-order valence-corrected chi connectivity index (χ0v) is 14.4. The van der Waals surface area contributed by atoms with E-state index < -0.39 is 0 Å². The monoisotopic (exact) mass is 320 g/mol. The molecule has 3 heteroatoms. The maximum atomic E-state index is 12.4. The molecule has 0 bridgehead atoms. The number of carbonyl (C=O) groups is 1. The van der Waals surface area contributed by atoms with E-state index in [1.165, 1.54) is 12.0 Å². The zero-order valence-electron chi connectivity index (χ0n) is 13.6. The highest BCUT2D eigenvalue weighted by Crippen LogP contribution is 2.64. The average Bonchev–Trinajstić information content (AvgIpc) is 2.82. The fraction of sp³-hybridized carbons (Fsp3) is 0.842. The molecule has 0 spiro atoms. The second-order valence-electron chi connectivity index (χ2n) is 8.47. The summed E-state index contributed by atoms with van der Waals surface area (Å²) in [5.74, 6) is 3.35. The first-order valence-electron chi connectivity index (χ1n) is 9.03. The lowest BCUT2D eigenvalue weighted by Gasteiger charge is -2.57. The molecule has 0 aromatic rings.